The molecule has 0 unspecified atom stereocenters. The predicted molar refractivity (Wildman–Crippen MR) is 128 cm³/mol. The fraction of sp³-hybridized carbons (Fsp3) is 0.440. The van der Waals surface area contributed by atoms with Crippen LogP contribution in [0.4, 0.5) is 0 Å². The summed E-state index contributed by atoms with van der Waals surface area (Å²) in [6.45, 7) is 7.30. The number of sulfonamides is 1. The molecule has 0 atom stereocenters. The predicted octanol–water partition coefficient (Wildman–Crippen LogP) is 3.16. The van der Waals surface area contributed by atoms with Gasteiger partial charge in [0.1, 0.15) is 0 Å². The first-order chi connectivity index (χ1) is 15.7. The van der Waals surface area contributed by atoms with Gasteiger partial charge in [-0.1, -0.05) is 37.3 Å². The highest BCUT2D eigenvalue weighted by molar-refractivity contribution is 7.89. The highest BCUT2D eigenvalue weighted by atomic mass is 32.2. The van der Waals surface area contributed by atoms with Gasteiger partial charge in [-0.05, 0) is 61.4 Å². The number of rotatable bonds is 8. The van der Waals surface area contributed by atoms with Gasteiger partial charge in [-0.15, -0.1) is 0 Å². The molecule has 0 aromatic heterocycles. The number of carbonyl (C=O) groups excluding carboxylic acids is 2. The van der Waals surface area contributed by atoms with Crippen LogP contribution in [0.1, 0.15) is 53.2 Å². The van der Waals surface area contributed by atoms with E-state index in [1.165, 1.54) is 10.4 Å². The van der Waals surface area contributed by atoms with Crippen LogP contribution in [0.15, 0.2) is 47.4 Å². The van der Waals surface area contributed by atoms with Crippen molar-refractivity contribution in [2.45, 2.75) is 51.5 Å². The van der Waals surface area contributed by atoms with E-state index in [0.717, 1.165) is 24.0 Å². The van der Waals surface area contributed by atoms with Crippen LogP contribution in [0.2, 0.25) is 0 Å². The second-order valence-electron chi connectivity index (χ2n) is 8.77. The van der Waals surface area contributed by atoms with Gasteiger partial charge < -0.3 is 10.6 Å². The van der Waals surface area contributed by atoms with Crippen molar-refractivity contribution in [3.05, 3.63) is 64.7 Å². The maximum absolute atomic E-state index is 13.3. The highest BCUT2D eigenvalue weighted by Crippen LogP contribution is 2.28. The van der Waals surface area contributed by atoms with Gasteiger partial charge in [-0.3, -0.25) is 9.59 Å². The third-order valence-corrected chi connectivity index (χ3v) is 8.24. The number of aryl methyl sites for hydroxylation is 1. The summed E-state index contributed by atoms with van der Waals surface area (Å²) < 4.78 is 28.1. The number of carbonyl (C=O) groups is 2. The fourth-order valence-electron chi connectivity index (χ4n) is 3.87. The number of nitrogens with one attached hydrogen (secondary N) is 2. The average Bonchev–Trinajstić information content (AvgIpc) is 2.80. The molecule has 33 heavy (non-hydrogen) atoms. The molecule has 0 spiro atoms. The Hall–Kier alpha value is -2.71. The molecule has 2 amide bonds. The lowest BCUT2D eigenvalue weighted by atomic mass is 10.0. The van der Waals surface area contributed by atoms with Gasteiger partial charge in [0.25, 0.3) is 5.91 Å². The number of piperidine rings is 1. The minimum atomic E-state index is -3.67. The lowest BCUT2D eigenvalue weighted by Gasteiger charge is -2.30. The van der Waals surface area contributed by atoms with Crippen LogP contribution >= 0.6 is 0 Å². The number of hydrogen-bond donors (Lipinski definition) is 2. The summed E-state index contributed by atoms with van der Waals surface area (Å²) in [5.74, 6) is -0.0409. The summed E-state index contributed by atoms with van der Waals surface area (Å²) in [7, 11) is -3.67. The van der Waals surface area contributed by atoms with E-state index in [4.69, 9.17) is 0 Å². The first-order valence-electron chi connectivity index (χ1n) is 11.4. The molecule has 1 heterocycles. The molecule has 0 radical (unpaired) electrons. The smallest absolute Gasteiger partial charge is 0.251 e. The van der Waals surface area contributed by atoms with Crippen LogP contribution in [0, 0.1) is 19.8 Å². The van der Waals surface area contributed by atoms with Crippen LogP contribution in [0.25, 0.3) is 0 Å². The minimum Gasteiger partial charge on any atom is -0.352 e. The lowest BCUT2D eigenvalue weighted by molar-refractivity contribution is -0.121. The zero-order chi connectivity index (χ0) is 24.0. The normalized spacial score (nSPS) is 15.2. The van der Waals surface area contributed by atoms with Crippen molar-refractivity contribution in [3.8, 4) is 0 Å². The average molecular weight is 472 g/mol. The molecule has 2 aromatic rings. The first kappa shape index (κ1) is 24.9. The van der Waals surface area contributed by atoms with E-state index in [1.807, 2.05) is 30.3 Å². The molecule has 3 rings (SSSR count). The fourth-order valence-corrected chi connectivity index (χ4v) is 5.66. The molecule has 178 valence electrons. The van der Waals surface area contributed by atoms with Crippen LogP contribution in [-0.2, 0) is 21.4 Å². The molecule has 7 nitrogen and oxygen atoms in total. The molecule has 0 aliphatic carbocycles. The molecule has 1 aliphatic rings. The van der Waals surface area contributed by atoms with E-state index in [2.05, 4.69) is 17.6 Å². The zero-order valence-corrected chi connectivity index (χ0v) is 20.4. The number of hydrogen-bond acceptors (Lipinski definition) is 4. The van der Waals surface area contributed by atoms with Gasteiger partial charge >= 0.3 is 0 Å². The van der Waals surface area contributed by atoms with Crippen molar-refractivity contribution < 1.29 is 18.0 Å². The molecule has 2 N–H and O–H groups in total. The molecule has 1 fully saturated rings. The van der Waals surface area contributed by atoms with E-state index in [1.54, 1.807) is 19.9 Å². The van der Waals surface area contributed by atoms with Crippen molar-refractivity contribution in [2.24, 2.45) is 5.92 Å². The SMILES string of the molecule is Cc1cc(C(=O)NCCC(=O)NCc2ccccc2)cc(S(=O)(=O)N2CCC(C)CC2)c1C. The van der Waals surface area contributed by atoms with E-state index in [-0.39, 0.29) is 29.3 Å². The highest BCUT2D eigenvalue weighted by Gasteiger charge is 2.30. The third kappa shape index (κ3) is 6.42. The van der Waals surface area contributed by atoms with Crippen LogP contribution < -0.4 is 10.6 Å². The Kier molecular flexibility index (Phi) is 8.26. The minimum absolute atomic E-state index is 0.139. The van der Waals surface area contributed by atoms with Gasteiger partial charge in [0.15, 0.2) is 0 Å². The van der Waals surface area contributed by atoms with Gasteiger partial charge in [0, 0.05) is 38.2 Å². The van der Waals surface area contributed by atoms with Gasteiger partial charge in [0.2, 0.25) is 15.9 Å². The molecule has 0 bridgehead atoms. The number of amides is 2. The molecule has 2 aromatic carbocycles. The third-order valence-electron chi connectivity index (χ3n) is 6.21. The maximum Gasteiger partial charge on any atom is 0.251 e. The summed E-state index contributed by atoms with van der Waals surface area (Å²) >= 11 is 0. The molecule has 0 saturated carbocycles. The maximum atomic E-state index is 13.3. The second-order valence-corrected chi connectivity index (χ2v) is 10.7. The number of benzene rings is 2. The summed E-state index contributed by atoms with van der Waals surface area (Å²) in [5.41, 5.74) is 2.69. The summed E-state index contributed by atoms with van der Waals surface area (Å²) in [4.78, 5) is 25.0. The zero-order valence-electron chi connectivity index (χ0n) is 19.6. The van der Waals surface area contributed by atoms with Crippen molar-refractivity contribution in [1.29, 1.82) is 0 Å². The Morgan fingerprint density at radius 3 is 2.36 bits per heavy atom. The van der Waals surface area contributed by atoms with Gasteiger partial charge in [-0.25, -0.2) is 8.42 Å². The first-order valence-corrected chi connectivity index (χ1v) is 12.8. The summed E-state index contributed by atoms with van der Waals surface area (Å²) in [5, 5.41) is 5.55. The quantitative estimate of drug-likeness (QED) is 0.618. The Bertz CT molecular complexity index is 1090. The Morgan fingerprint density at radius 2 is 1.70 bits per heavy atom. The van der Waals surface area contributed by atoms with Crippen molar-refractivity contribution >= 4 is 21.8 Å². The van der Waals surface area contributed by atoms with E-state index >= 15 is 0 Å². The van der Waals surface area contributed by atoms with Crippen LogP contribution in [0.3, 0.4) is 0 Å². The van der Waals surface area contributed by atoms with E-state index in [9.17, 15) is 18.0 Å². The van der Waals surface area contributed by atoms with E-state index in [0.29, 0.717) is 31.1 Å². The Balaban J connectivity index is 1.61. The van der Waals surface area contributed by atoms with Crippen molar-refractivity contribution in [2.75, 3.05) is 19.6 Å². The molecular weight excluding hydrogens is 438 g/mol. The van der Waals surface area contributed by atoms with Crippen molar-refractivity contribution in [1.82, 2.24) is 14.9 Å². The Labute approximate surface area is 196 Å². The monoisotopic (exact) mass is 471 g/mol. The largest absolute Gasteiger partial charge is 0.352 e. The second kappa shape index (κ2) is 10.9. The van der Waals surface area contributed by atoms with Crippen LogP contribution in [-0.4, -0.2) is 44.2 Å². The van der Waals surface area contributed by atoms with Gasteiger partial charge in [-0.2, -0.15) is 4.31 Å². The van der Waals surface area contributed by atoms with Gasteiger partial charge in [0.05, 0.1) is 4.90 Å². The molecule has 1 aliphatic heterocycles. The topological polar surface area (TPSA) is 95.6 Å². The summed E-state index contributed by atoms with van der Waals surface area (Å²) in [6, 6.07) is 12.7. The lowest BCUT2D eigenvalue weighted by Crippen LogP contribution is -2.38. The molecule has 8 heteroatoms. The Morgan fingerprint density at radius 1 is 1.03 bits per heavy atom. The summed E-state index contributed by atoms with van der Waals surface area (Å²) in [6.07, 6.45) is 1.81. The molecular formula is C25H33N3O4S. The number of nitrogens with zero attached hydrogens (tertiary/aromatic N) is 1. The standard InChI is InChI=1S/C25H33N3O4S/c1-18-10-13-28(14-11-18)33(31,32)23-16-22(15-19(2)20(23)3)25(30)26-12-9-24(29)27-17-21-7-5-4-6-8-21/h4-8,15-16,18H,9-14,17H2,1-3H3,(H,26,30)(H,27,29). The van der Waals surface area contributed by atoms with E-state index < -0.39 is 15.9 Å². The van der Waals surface area contributed by atoms with Crippen molar-refractivity contribution in [3.63, 3.8) is 0 Å². The van der Waals surface area contributed by atoms with Crippen LogP contribution in [0.5, 0.6) is 0 Å². The molecule has 1 saturated heterocycles.